The zero-order chi connectivity index (χ0) is 21.1. The number of amides is 1. The van der Waals surface area contributed by atoms with Crippen LogP contribution in [0.1, 0.15) is 46.6 Å². The lowest BCUT2D eigenvalue weighted by atomic mass is 9.99. The normalized spacial score (nSPS) is 20.3. The Kier molecular flexibility index (Phi) is 7.93. The monoisotopic (exact) mass is 437 g/mol. The van der Waals surface area contributed by atoms with Crippen molar-refractivity contribution >= 4 is 42.5 Å². The Balaban J connectivity index is 2.15. The number of benzene rings is 1. The van der Waals surface area contributed by atoms with Gasteiger partial charge >= 0.3 is 0 Å². The predicted octanol–water partition coefficient (Wildman–Crippen LogP) is 5.89. The lowest BCUT2D eigenvalue weighted by Gasteiger charge is -2.41. The summed E-state index contributed by atoms with van der Waals surface area (Å²) in [7, 11) is -1.94. The van der Waals surface area contributed by atoms with Gasteiger partial charge in [0.25, 0.3) is 0 Å². The van der Waals surface area contributed by atoms with Crippen molar-refractivity contribution in [2.24, 2.45) is 5.92 Å². The highest BCUT2D eigenvalue weighted by Crippen LogP contribution is 2.39. The van der Waals surface area contributed by atoms with Gasteiger partial charge in [0.15, 0.2) is 8.32 Å². The van der Waals surface area contributed by atoms with Crippen LogP contribution in [0.3, 0.4) is 0 Å². The van der Waals surface area contributed by atoms with E-state index < -0.39 is 8.32 Å². The molecule has 0 aliphatic carbocycles. The third-order valence-corrected chi connectivity index (χ3v) is 12.2. The molecule has 3 atom stereocenters. The quantitative estimate of drug-likeness (QED) is 0.393. The summed E-state index contributed by atoms with van der Waals surface area (Å²) < 4.78 is 7.33. The molecule has 1 amide bonds. The van der Waals surface area contributed by atoms with Gasteiger partial charge in [0.2, 0.25) is 5.91 Å². The first kappa shape index (κ1) is 23.6. The van der Waals surface area contributed by atoms with Crippen molar-refractivity contribution in [3.05, 3.63) is 35.9 Å². The maximum Gasteiger partial charge on any atom is 0.233 e. The van der Waals surface area contributed by atoms with Crippen molar-refractivity contribution < 1.29 is 9.22 Å². The molecule has 156 valence electrons. The highest BCUT2D eigenvalue weighted by Gasteiger charge is 2.43. The van der Waals surface area contributed by atoms with Crippen molar-refractivity contribution in [2.75, 3.05) is 5.75 Å². The van der Waals surface area contributed by atoms with Crippen LogP contribution in [0.4, 0.5) is 0 Å². The number of thiocarbonyl (C=S) groups is 1. The summed E-state index contributed by atoms with van der Waals surface area (Å²) in [6.07, 6.45) is 1.60. The summed E-state index contributed by atoms with van der Waals surface area (Å²) in [5.41, 5.74) is 1.24. The van der Waals surface area contributed by atoms with Gasteiger partial charge in [-0.1, -0.05) is 88.9 Å². The summed E-state index contributed by atoms with van der Waals surface area (Å²) in [6.45, 7) is 15.3. The van der Waals surface area contributed by atoms with Crippen LogP contribution in [0.5, 0.6) is 0 Å². The molecule has 0 spiro atoms. The highest BCUT2D eigenvalue weighted by molar-refractivity contribution is 8.23. The molecule has 0 bridgehead atoms. The molecule has 0 unspecified atom stereocenters. The smallest absolute Gasteiger partial charge is 0.233 e. The molecule has 6 heteroatoms. The van der Waals surface area contributed by atoms with Crippen LogP contribution >= 0.6 is 24.0 Å². The number of nitrogens with zero attached hydrogens (tertiary/aromatic N) is 1. The molecule has 3 nitrogen and oxygen atoms in total. The largest absolute Gasteiger partial charge is 0.413 e. The molecule has 0 saturated carbocycles. The number of hydrogen-bond acceptors (Lipinski definition) is 4. The number of thioether (sulfide) groups is 1. The molecular formula is C22H35NO2S2Si. The molecule has 1 aromatic rings. The van der Waals surface area contributed by atoms with Gasteiger partial charge in [0.05, 0.1) is 18.1 Å². The molecule has 1 heterocycles. The Morgan fingerprint density at radius 2 is 1.93 bits per heavy atom. The van der Waals surface area contributed by atoms with Gasteiger partial charge in [-0.05, 0) is 36.5 Å². The van der Waals surface area contributed by atoms with Gasteiger partial charge in [0.1, 0.15) is 4.32 Å². The molecule has 1 fully saturated rings. The SMILES string of the molecule is CC[C@@H](O[Si](C)(C)C(C)(C)C)[C@H](C)C(=O)N1C(=S)SC[C@@H]1Cc1ccccc1. The number of rotatable bonds is 7. The fourth-order valence-corrected chi connectivity index (χ4v) is 6.14. The van der Waals surface area contributed by atoms with Crippen LogP contribution in [0.25, 0.3) is 0 Å². The van der Waals surface area contributed by atoms with E-state index >= 15 is 0 Å². The lowest BCUT2D eigenvalue weighted by molar-refractivity contribution is -0.135. The summed E-state index contributed by atoms with van der Waals surface area (Å²) in [6, 6.07) is 10.5. The molecule has 1 saturated heterocycles. The van der Waals surface area contributed by atoms with E-state index in [4.69, 9.17) is 16.6 Å². The third-order valence-electron chi connectivity index (χ3n) is 6.11. The predicted molar refractivity (Wildman–Crippen MR) is 127 cm³/mol. The zero-order valence-electron chi connectivity index (χ0n) is 18.3. The van der Waals surface area contributed by atoms with Crippen LogP contribution in [-0.2, 0) is 15.6 Å². The second kappa shape index (κ2) is 9.41. The van der Waals surface area contributed by atoms with Gasteiger partial charge in [-0.15, -0.1) is 0 Å². The second-order valence-corrected chi connectivity index (χ2v) is 15.7. The van der Waals surface area contributed by atoms with E-state index in [-0.39, 0.29) is 29.0 Å². The minimum Gasteiger partial charge on any atom is -0.413 e. The molecule has 2 rings (SSSR count). The number of carbonyl (C=O) groups is 1. The van der Waals surface area contributed by atoms with Gasteiger partial charge in [-0.3, -0.25) is 9.69 Å². The molecule has 0 radical (unpaired) electrons. The van der Waals surface area contributed by atoms with Crippen LogP contribution in [0.2, 0.25) is 18.1 Å². The van der Waals surface area contributed by atoms with Crippen molar-refractivity contribution in [1.82, 2.24) is 4.90 Å². The Bertz CT molecular complexity index is 688. The maximum atomic E-state index is 13.5. The summed E-state index contributed by atoms with van der Waals surface area (Å²) in [5, 5.41) is 0.123. The van der Waals surface area contributed by atoms with E-state index in [9.17, 15) is 4.79 Å². The first-order valence-electron chi connectivity index (χ1n) is 10.2. The van der Waals surface area contributed by atoms with Crippen LogP contribution in [0.15, 0.2) is 30.3 Å². The summed E-state index contributed by atoms with van der Waals surface area (Å²) in [4.78, 5) is 15.3. The maximum absolute atomic E-state index is 13.5. The van der Waals surface area contributed by atoms with E-state index in [1.54, 1.807) is 11.8 Å². The van der Waals surface area contributed by atoms with Crippen LogP contribution in [0, 0.1) is 5.92 Å². The van der Waals surface area contributed by atoms with Crippen LogP contribution < -0.4 is 0 Å². The molecule has 1 aliphatic rings. The molecular weight excluding hydrogens is 402 g/mol. The van der Waals surface area contributed by atoms with Crippen molar-refractivity contribution in [3.63, 3.8) is 0 Å². The molecule has 1 aliphatic heterocycles. The second-order valence-electron chi connectivity index (χ2n) is 9.24. The first-order chi connectivity index (χ1) is 13.0. The Morgan fingerprint density at radius 1 is 1.32 bits per heavy atom. The third kappa shape index (κ3) is 5.46. The van der Waals surface area contributed by atoms with Gasteiger partial charge in [-0.25, -0.2) is 0 Å². The summed E-state index contributed by atoms with van der Waals surface area (Å²) in [5.74, 6) is 0.780. The van der Waals surface area contributed by atoms with Gasteiger partial charge in [-0.2, -0.15) is 0 Å². The number of hydrogen-bond donors (Lipinski definition) is 0. The Labute approximate surface area is 181 Å². The fourth-order valence-electron chi connectivity index (χ4n) is 3.24. The minimum atomic E-state index is -1.94. The van der Waals surface area contributed by atoms with Gasteiger partial charge < -0.3 is 4.43 Å². The van der Waals surface area contributed by atoms with E-state index in [0.29, 0.717) is 4.32 Å². The average molecular weight is 438 g/mol. The topological polar surface area (TPSA) is 29.5 Å². The fraction of sp³-hybridized carbons (Fsp3) is 0.636. The highest BCUT2D eigenvalue weighted by atomic mass is 32.2. The van der Waals surface area contributed by atoms with Crippen molar-refractivity contribution in [2.45, 2.75) is 77.7 Å². The van der Waals surface area contributed by atoms with Crippen molar-refractivity contribution in [1.29, 1.82) is 0 Å². The lowest BCUT2D eigenvalue weighted by Crippen LogP contribution is -2.50. The molecule has 1 aromatic carbocycles. The standard InChI is InChI=1S/C22H35NO2S2Si/c1-8-19(25-28(6,7)22(3,4)5)16(2)20(24)23-18(15-27-21(23)26)14-17-12-10-9-11-13-17/h9-13,16,18-19H,8,14-15H2,1-7H3/t16-,18-,19+/m0/s1. The number of carbonyl (C=O) groups excluding carboxylic acids is 1. The minimum absolute atomic E-state index is 0.0702. The van der Waals surface area contributed by atoms with Gasteiger partial charge in [0, 0.05) is 5.75 Å². The van der Waals surface area contributed by atoms with E-state index in [1.807, 2.05) is 30.0 Å². The Morgan fingerprint density at radius 3 is 2.46 bits per heavy atom. The zero-order valence-corrected chi connectivity index (χ0v) is 21.0. The summed E-state index contributed by atoms with van der Waals surface area (Å²) >= 11 is 7.18. The van der Waals surface area contributed by atoms with Crippen molar-refractivity contribution in [3.8, 4) is 0 Å². The molecule has 0 aromatic heterocycles. The molecule has 0 N–H and O–H groups in total. The van der Waals surface area contributed by atoms with E-state index in [2.05, 4.69) is 52.9 Å². The molecule has 28 heavy (non-hydrogen) atoms. The average Bonchev–Trinajstić information content (AvgIpc) is 2.98. The van der Waals surface area contributed by atoms with Crippen LogP contribution in [-0.4, -0.2) is 41.3 Å². The first-order valence-corrected chi connectivity index (χ1v) is 14.5. The van der Waals surface area contributed by atoms with E-state index in [0.717, 1.165) is 18.6 Å². The Hall–Kier alpha value is -0.693. The van der Waals surface area contributed by atoms with E-state index in [1.165, 1.54) is 5.56 Å².